The predicted molar refractivity (Wildman–Crippen MR) is 113 cm³/mol. The van der Waals surface area contributed by atoms with Crippen LogP contribution in [0.2, 0.25) is 0 Å². The van der Waals surface area contributed by atoms with Gasteiger partial charge in [0.2, 0.25) is 5.88 Å². The molecule has 2 N–H and O–H groups in total. The smallest absolute Gasteiger partial charge is 0.308 e. The minimum Gasteiger partial charge on any atom is -0.477 e. The lowest BCUT2D eigenvalue weighted by Gasteiger charge is -2.29. The summed E-state index contributed by atoms with van der Waals surface area (Å²) in [5.41, 5.74) is 1.08. The van der Waals surface area contributed by atoms with Gasteiger partial charge in [-0.3, -0.25) is 4.79 Å². The largest absolute Gasteiger partial charge is 0.477 e. The minimum atomic E-state index is -0.0519. The molecule has 0 bridgehead atoms. The molecule has 7 nitrogen and oxygen atoms in total. The Bertz CT molecular complexity index is 682. The van der Waals surface area contributed by atoms with Crippen molar-refractivity contribution in [2.75, 3.05) is 19.8 Å². The number of aliphatic imine (C=N–C) groups is 1. The number of nitrogens with one attached hydrogen (secondary N) is 2. The van der Waals surface area contributed by atoms with Gasteiger partial charge in [-0.15, -0.1) is 0 Å². The summed E-state index contributed by atoms with van der Waals surface area (Å²) in [6.07, 6.45) is 7.94. The van der Waals surface area contributed by atoms with Crippen LogP contribution in [0.15, 0.2) is 23.3 Å². The Morgan fingerprint density at radius 2 is 2.00 bits per heavy atom. The van der Waals surface area contributed by atoms with E-state index < -0.39 is 0 Å². The van der Waals surface area contributed by atoms with E-state index in [4.69, 9.17) is 14.5 Å². The van der Waals surface area contributed by atoms with Gasteiger partial charge in [0, 0.05) is 24.8 Å². The quantitative estimate of drug-likeness (QED) is 0.375. The zero-order valence-electron chi connectivity index (χ0n) is 17.7. The highest BCUT2D eigenvalue weighted by atomic mass is 16.5. The lowest BCUT2D eigenvalue weighted by atomic mass is 9.86. The summed E-state index contributed by atoms with van der Waals surface area (Å²) in [5.74, 6) is 2.19. The number of carbonyl (C=O) groups excluding carboxylic acids is 1. The van der Waals surface area contributed by atoms with Crippen molar-refractivity contribution in [1.29, 1.82) is 0 Å². The summed E-state index contributed by atoms with van der Waals surface area (Å²) < 4.78 is 10.9. The van der Waals surface area contributed by atoms with Crippen molar-refractivity contribution < 1.29 is 14.3 Å². The Balaban J connectivity index is 1.49. The lowest BCUT2D eigenvalue weighted by molar-refractivity contribution is -0.149. The van der Waals surface area contributed by atoms with Crippen molar-refractivity contribution in [3.8, 4) is 5.88 Å². The maximum absolute atomic E-state index is 11.9. The molecular formula is C22H34N4O3. The highest BCUT2D eigenvalue weighted by Crippen LogP contribution is 2.29. The zero-order valence-corrected chi connectivity index (χ0v) is 17.7. The standard InChI is InChI=1S/C22H34N4O3/c1-3-23-22(26-19-9-7-18(8-10-19)21(27)28-4-2)25-14-17-11-12-24-20(13-17)29-15-16-5-6-16/h11-13,16,18-19H,3-10,14-15H2,1-2H3,(H2,23,25,26). The summed E-state index contributed by atoms with van der Waals surface area (Å²) in [4.78, 5) is 20.9. The average molecular weight is 403 g/mol. The van der Waals surface area contributed by atoms with Gasteiger partial charge < -0.3 is 20.1 Å². The maximum atomic E-state index is 11.9. The van der Waals surface area contributed by atoms with Crippen LogP contribution in [0.1, 0.15) is 57.9 Å². The molecule has 0 spiro atoms. The first kappa shape index (κ1) is 21.4. The summed E-state index contributed by atoms with van der Waals surface area (Å²) >= 11 is 0. The third kappa shape index (κ3) is 7.22. The van der Waals surface area contributed by atoms with E-state index in [0.29, 0.717) is 31.0 Å². The summed E-state index contributed by atoms with van der Waals surface area (Å²) in [7, 11) is 0. The molecule has 1 aromatic heterocycles. The number of pyridine rings is 1. The van der Waals surface area contributed by atoms with Gasteiger partial charge in [-0.05, 0) is 69.9 Å². The Morgan fingerprint density at radius 3 is 2.69 bits per heavy atom. The zero-order chi connectivity index (χ0) is 20.5. The van der Waals surface area contributed by atoms with Crippen molar-refractivity contribution in [3.63, 3.8) is 0 Å². The highest BCUT2D eigenvalue weighted by molar-refractivity contribution is 5.80. The Morgan fingerprint density at radius 1 is 1.21 bits per heavy atom. The second-order valence-electron chi connectivity index (χ2n) is 7.90. The molecule has 1 aromatic rings. The Kier molecular flexibility index (Phi) is 8.14. The lowest BCUT2D eigenvalue weighted by Crippen LogP contribution is -2.45. The van der Waals surface area contributed by atoms with Crippen molar-refractivity contribution in [2.24, 2.45) is 16.8 Å². The van der Waals surface area contributed by atoms with Crippen LogP contribution < -0.4 is 15.4 Å². The van der Waals surface area contributed by atoms with E-state index in [-0.39, 0.29) is 11.9 Å². The molecule has 0 atom stereocenters. The molecule has 0 radical (unpaired) electrons. The molecule has 1 heterocycles. The van der Waals surface area contributed by atoms with E-state index in [0.717, 1.165) is 50.4 Å². The summed E-state index contributed by atoms with van der Waals surface area (Å²) in [5, 5.41) is 6.84. The first-order chi connectivity index (χ1) is 14.2. The first-order valence-electron chi connectivity index (χ1n) is 11.0. The molecule has 29 heavy (non-hydrogen) atoms. The third-order valence-electron chi connectivity index (χ3n) is 5.42. The minimum absolute atomic E-state index is 0.0402. The number of esters is 1. The third-order valence-corrected chi connectivity index (χ3v) is 5.42. The topological polar surface area (TPSA) is 84.8 Å². The number of guanidine groups is 1. The molecule has 0 aromatic carbocycles. The van der Waals surface area contributed by atoms with Crippen LogP contribution in [0.4, 0.5) is 0 Å². The van der Waals surface area contributed by atoms with Gasteiger partial charge in [0.25, 0.3) is 0 Å². The van der Waals surface area contributed by atoms with E-state index in [1.165, 1.54) is 12.8 Å². The Labute approximate surface area is 173 Å². The number of hydrogen-bond donors (Lipinski definition) is 2. The van der Waals surface area contributed by atoms with Crippen LogP contribution in [0.3, 0.4) is 0 Å². The number of ether oxygens (including phenoxy) is 2. The van der Waals surface area contributed by atoms with Gasteiger partial charge in [-0.25, -0.2) is 9.98 Å². The second-order valence-corrected chi connectivity index (χ2v) is 7.90. The highest BCUT2D eigenvalue weighted by Gasteiger charge is 2.27. The van der Waals surface area contributed by atoms with E-state index in [9.17, 15) is 4.79 Å². The first-order valence-corrected chi connectivity index (χ1v) is 11.0. The number of rotatable bonds is 9. The molecule has 160 valence electrons. The van der Waals surface area contributed by atoms with Gasteiger partial charge in [-0.2, -0.15) is 0 Å². The molecule has 0 aliphatic heterocycles. The molecule has 3 rings (SSSR count). The van der Waals surface area contributed by atoms with Crippen LogP contribution >= 0.6 is 0 Å². The number of carbonyl (C=O) groups is 1. The van der Waals surface area contributed by atoms with E-state index in [2.05, 4.69) is 22.5 Å². The van der Waals surface area contributed by atoms with E-state index >= 15 is 0 Å². The average Bonchev–Trinajstić information content (AvgIpc) is 3.56. The molecule has 0 amide bonds. The monoisotopic (exact) mass is 402 g/mol. The van der Waals surface area contributed by atoms with Crippen LogP contribution in [-0.2, 0) is 16.1 Å². The maximum Gasteiger partial charge on any atom is 0.308 e. The van der Waals surface area contributed by atoms with Gasteiger partial charge in [-0.1, -0.05) is 0 Å². The Hall–Kier alpha value is -2.31. The van der Waals surface area contributed by atoms with Crippen LogP contribution in [0.25, 0.3) is 0 Å². The van der Waals surface area contributed by atoms with Crippen molar-refractivity contribution >= 4 is 11.9 Å². The van der Waals surface area contributed by atoms with Gasteiger partial charge in [0.1, 0.15) is 0 Å². The molecule has 2 aliphatic carbocycles. The predicted octanol–water partition coefficient (Wildman–Crippen LogP) is 3.05. The van der Waals surface area contributed by atoms with Crippen molar-refractivity contribution in [1.82, 2.24) is 15.6 Å². The number of aromatic nitrogens is 1. The molecule has 2 fully saturated rings. The van der Waals surface area contributed by atoms with Crippen molar-refractivity contribution in [3.05, 3.63) is 23.9 Å². The molecule has 7 heteroatoms. The van der Waals surface area contributed by atoms with Crippen LogP contribution in [-0.4, -0.2) is 42.7 Å². The van der Waals surface area contributed by atoms with Gasteiger partial charge >= 0.3 is 5.97 Å². The normalized spacial score (nSPS) is 22.1. The van der Waals surface area contributed by atoms with Gasteiger partial charge in [0.15, 0.2) is 5.96 Å². The number of nitrogens with zero attached hydrogens (tertiary/aromatic N) is 2. The fourth-order valence-electron chi connectivity index (χ4n) is 3.53. The molecule has 2 saturated carbocycles. The van der Waals surface area contributed by atoms with Gasteiger partial charge in [0.05, 0.1) is 25.7 Å². The molecule has 0 saturated heterocycles. The SMILES string of the molecule is CCNC(=NCc1ccnc(OCC2CC2)c1)NC1CCC(C(=O)OCC)CC1. The van der Waals surface area contributed by atoms with E-state index in [1.54, 1.807) is 6.20 Å². The van der Waals surface area contributed by atoms with Crippen LogP contribution in [0.5, 0.6) is 5.88 Å². The molecule has 0 unspecified atom stereocenters. The molecular weight excluding hydrogens is 368 g/mol. The van der Waals surface area contributed by atoms with Crippen molar-refractivity contribution in [2.45, 2.75) is 65.0 Å². The van der Waals surface area contributed by atoms with Crippen LogP contribution in [0, 0.1) is 11.8 Å². The fourth-order valence-corrected chi connectivity index (χ4v) is 3.53. The number of hydrogen-bond acceptors (Lipinski definition) is 5. The fraction of sp³-hybridized carbons (Fsp3) is 0.682. The van der Waals surface area contributed by atoms with E-state index in [1.807, 2.05) is 19.1 Å². The second kappa shape index (κ2) is 11.0. The summed E-state index contributed by atoms with van der Waals surface area (Å²) in [6.45, 7) is 6.50. The molecule has 2 aliphatic rings. The summed E-state index contributed by atoms with van der Waals surface area (Å²) in [6, 6.07) is 4.27.